The van der Waals surface area contributed by atoms with Crippen LogP contribution in [0.4, 0.5) is 0 Å². The zero-order valence-electron chi connectivity index (χ0n) is 50.0. The summed E-state index contributed by atoms with van der Waals surface area (Å²) in [5.74, 6) is -0.844. The number of esters is 3. The Morgan fingerprint density at radius 1 is 0.219 bits per heavy atom. The minimum absolute atomic E-state index is 0.0622. The van der Waals surface area contributed by atoms with E-state index in [0.29, 0.717) is 19.3 Å². The van der Waals surface area contributed by atoms with Crippen molar-refractivity contribution < 1.29 is 28.6 Å². The van der Waals surface area contributed by atoms with Crippen LogP contribution in [-0.4, -0.2) is 37.2 Å². The maximum absolute atomic E-state index is 12.8. The molecular weight excluding hydrogens is 901 g/mol. The third-order valence-corrected chi connectivity index (χ3v) is 15.6. The molecule has 0 aliphatic heterocycles. The minimum atomic E-state index is -0.760. The number of hydrogen-bond acceptors (Lipinski definition) is 6. The van der Waals surface area contributed by atoms with E-state index in [-0.39, 0.29) is 31.1 Å². The molecule has 1 unspecified atom stereocenters. The Labute approximate surface area is 457 Å². The predicted octanol–water partition coefficient (Wildman–Crippen LogP) is 22.7. The SMILES string of the molecule is CCCCCCCCCCCCCCCCCCCCCCCCCCCC(=O)OCC(COC(=O)CCCCCCC)OC(=O)CCCCCCCCCCCCCCCCCCCCCCCCCCC. The van der Waals surface area contributed by atoms with Crippen LogP contribution in [0.2, 0.25) is 0 Å². The molecule has 0 fully saturated rings. The minimum Gasteiger partial charge on any atom is -0.462 e. The number of carbonyl (C=O) groups is 3. The Balaban J connectivity index is 3.93. The fourth-order valence-electron chi connectivity index (χ4n) is 10.6. The highest BCUT2D eigenvalue weighted by Crippen LogP contribution is 2.19. The molecule has 0 aliphatic rings. The summed E-state index contributed by atoms with van der Waals surface area (Å²) in [6.07, 6.45) is 73.3. The van der Waals surface area contributed by atoms with Gasteiger partial charge < -0.3 is 14.2 Å². The maximum Gasteiger partial charge on any atom is 0.306 e. The van der Waals surface area contributed by atoms with Crippen LogP contribution in [0.3, 0.4) is 0 Å². The van der Waals surface area contributed by atoms with Gasteiger partial charge in [-0.05, 0) is 19.3 Å². The lowest BCUT2D eigenvalue weighted by Crippen LogP contribution is -2.30. The van der Waals surface area contributed by atoms with E-state index in [1.54, 1.807) is 0 Å². The molecule has 6 heteroatoms. The van der Waals surface area contributed by atoms with Crippen LogP contribution in [0.5, 0.6) is 0 Å². The zero-order chi connectivity index (χ0) is 52.9. The molecule has 0 amide bonds. The monoisotopic (exact) mass is 1030 g/mol. The molecule has 73 heavy (non-hydrogen) atoms. The van der Waals surface area contributed by atoms with Crippen molar-refractivity contribution in [3.8, 4) is 0 Å². The van der Waals surface area contributed by atoms with Gasteiger partial charge in [0.25, 0.3) is 0 Å². The molecule has 0 N–H and O–H groups in total. The fourth-order valence-corrected chi connectivity index (χ4v) is 10.6. The number of hydrogen-bond donors (Lipinski definition) is 0. The van der Waals surface area contributed by atoms with E-state index in [2.05, 4.69) is 20.8 Å². The van der Waals surface area contributed by atoms with Gasteiger partial charge in [-0.15, -0.1) is 0 Å². The molecule has 0 aromatic rings. The number of ether oxygens (including phenoxy) is 3. The van der Waals surface area contributed by atoms with Gasteiger partial charge in [-0.25, -0.2) is 0 Å². The summed E-state index contributed by atoms with van der Waals surface area (Å²) >= 11 is 0. The van der Waals surface area contributed by atoms with E-state index >= 15 is 0 Å². The lowest BCUT2D eigenvalue weighted by molar-refractivity contribution is -0.167. The van der Waals surface area contributed by atoms with Crippen molar-refractivity contribution in [2.45, 2.75) is 399 Å². The van der Waals surface area contributed by atoms with Gasteiger partial charge >= 0.3 is 17.9 Å². The molecule has 0 saturated heterocycles. The topological polar surface area (TPSA) is 78.9 Å². The highest BCUT2D eigenvalue weighted by atomic mass is 16.6. The van der Waals surface area contributed by atoms with Gasteiger partial charge in [0.05, 0.1) is 0 Å². The van der Waals surface area contributed by atoms with Crippen molar-refractivity contribution in [1.82, 2.24) is 0 Å². The average Bonchev–Trinajstić information content (AvgIpc) is 3.39. The quantitative estimate of drug-likeness (QED) is 0.0343. The van der Waals surface area contributed by atoms with Gasteiger partial charge in [-0.2, -0.15) is 0 Å². The average molecular weight is 1030 g/mol. The lowest BCUT2D eigenvalue weighted by atomic mass is 10.0. The van der Waals surface area contributed by atoms with Crippen LogP contribution in [0.1, 0.15) is 393 Å². The van der Waals surface area contributed by atoms with Crippen molar-refractivity contribution in [3.63, 3.8) is 0 Å². The van der Waals surface area contributed by atoms with Gasteiger partial charge in [0, 0.05) is 19.3 Å². The second kappa shape index (κ2) is 62.9. The molecule has 0 heterocycles. The predicted molar refractivity (Wildman–Crippen MR) is 317 cm³/mol. The Morgan fingerprint density at radius 3 is 0.548 bits per heavy atom. The summed E-state index contributed by atoms with van der Waals surface area (Å²) in [5.41, 5.74) is 0. The van der Waals surface area contributed by atoms with Gasteiger partial charge in [0.15, 0.2) is 6.10 Å². The van der Waals surface area contributed by atoms with E-state index in [1.165, 1.54) is 289 Å². The van der Waals surface area contributed by atoms with Crippen molar-refractivity contribution in [2.24, 2.45) is 0 Å². The Bertz CT molecular complexity index is 1090. The van der Waals surface area contributed by atoms with Gasteiger partial charge in [-0.3, -0.25) is 14.4 Å². The third-order valence-electron chi connectivity index (χ3n) is 15.6. The van der Waals surface area contributed by atoms with Gasteiger partial charge in [0.1, 0.15) is 13.2 Å². The van der Waals surface area contributed by atoms with E-state index in [4.69, 9.17) is 14.2 Å². The lowest BCUT2D eigenvalue weighted by Gasteiger charge is -2.18. The maximum atomic E-state index is 12.8. The Hall–Kier alpha value is -1.59. The highest BCUT2D eigenvalue weighted by Gasteiger charge is 2.19. The largest absolute Gasteiger partial charge is 0.462 e. The Morgan fingerprint density at radius 2 is 0.370 bits per heavy atom. The Kier molecular flexibility index (Phi) is 61.6. The molecule has 434 valence electrons. The van der Waals surface area contributed by atoms with Crippen molar-refractivity contribution >= 4 is 17.9 Å². The van der Waals surface area contributed by atoms with Gasteiger partial charge in [0.2, 0.25) is 0 Å². The van der Waals surface area contributed by atoms with Crippen molar-refractivity contribution in [3.05, 3.63) is 0 Å². The first-order valence-corrected chi connectivity index (χ1v) is 33.5. The molecule has 0 saturated carbocycles. The molecule has 1 atom stereocenters. The molecule has 0 bridgehead atoms. The first-order chi connectivity index (χ1) is 36.0. The smallest absolute Gasteiger partial charge is 0.306 e. The summed E-state index contributed by atoms with van der Waals surface area (Å²) < 4.78 is 16.8. The van der Waals surface area contributed by atoms with Crippen molar-refractivity contribution in [2.75, 3.05) is 13.2 Å². The molecule has 0 rings (SSSR count). The first kappa shape index (κ1) is 71.4. The van der Waals surface area contributed by atoms with Crippen LogP contribution in [-0.2, 0) is 28.6 Å². The molecule has 0 aromatic carbocycles. The molecular formula is C67H130O6. The third kappa shape index (κ3) is 61.1. The molecule has 0 radical (unpaired) electrons. The molecule has 6 nitrogen and oxygen atoms in total. The summed E-state index contributed by atoms with van der Waals surface area (Å²) in [6.45, 7) is 6.65. The van der Waals surface area contributed by atoms with Gasteiger partial charge in [-0.1, -0.05) is 355 Å². The van der Waals surface area contributed by atoms with E-state index in [1.807, 2.05) is 0 Å². The van der Waals surface area contributed by atoms with Crippen molar-refractivity contribution in [1.29, 1.82) is 0 Å². The van der Waals surface area contributed by atoms with Crippen LogP contribution in [0, 0.1) is 0 Å². The van der Waals surface area contributed by atoms with E-state index in [9.17, 15) is 14.4 Å². The van der Waals surface area contributed by atoms with E-state index in [0.717, 1.165) is 64.2 Å². The van der Waals surface area contributed by atoms with Crippen LogP contribution >= 0.6 is 0 Å². The van der Waals surface area contributed by atoms with Crippen LogP contribution < -0.4 is 0 Å². The fraction of sp³-hybridized carbons (Fsp3) is 0.955. The zero-order valence-corrected chi connectivity index (χ0v) is 50.0. The van der Waals surface area contributed by atoms with Crippen LogP contribution in [0.25, 0.3) is 0 Å². The second-order valence-electron chi connectivity index (χ2n) is 23.1. The number of unbranched alkanes of at least 4 members (excludes halogenated alkanes) is 52. The first-order valence-electron chi connectivity index (χ1n) is 33.5. The summed E-state index contributed by atoms with van der Waals surface area (Å²) in [7, 11) is 0. The van der Waals surface area contributed by atoms with Crippen LogP contribution in [0.15, 0.2) is 0 Å². The standard InChI is InChI=1S/C67H130O6/c1-4-7-10-13-15-17-19-21-23-25-27-29-31-33-35-37-39-41-43-45-47-49-51-54-57-60-66(69)72-63-64(62-71-65(68)59-56-53-12-9-6-3)73-67(70)61-58-55-52-50-48-46-44-42-40-38-36-34-32-30-28-26-24-22-20-18-16-14-11-8-5-2/h64H,4-63H2,1-3H3. The highest BCUT2D eigenvalue weighted by molar-refractivity contribution is 5.71. The number of rotatable bonds is 63. The summed E-state index contributed by atoms with van der Waals surface area (Å²) in [4.78, 5) is 37.9. The second-order valence-corrected chi connectivity index (χ2v) is 23.1. The summed E-state index contributed by atoms with van der Waals surface area (Å²) in [6, 6.07) is 0. The summed E-state index contributed by atoms with van der Waals surface area (Å²) in [5, 5.41) is 0. The normalized spacial score (nSPS) is 11.9. The molecule has 0 aromatic heterocycles. The number of carbonyl (C=O) groups excluding carboxylic acids is 3. The van der Waals surface area contributed by atoms with E-state index < -0.39 is 6.10 Å². The molecule has 0 spiro atoms. The molecule has 0 aliphatic carbocycles.